The first-order valence-electron chi connectivity index (χ1n) is 9.06. The Hall–Kier alpha value is -3.23. The van der Waals surface area contributed by atoms with Crippen LogP contribution in [0.25, 0.3) is 22.2 Å². The largest absolute Gasteiger partial charge is 0.360 e. The topological polar surface area (TPSA) is 86.9 Å². The van der Waals surface area contributed by atoms with Crippen molar-refractivity contribution in [3.63, 3.8) is 0 Å². The Bertz CT molecular complexity index is 1240. The lowest BCUT2D eigenvalue weighted by Gasteiger charge is -2.06. The van der Waals surface area contributed by atoms with E-state index in [1.165, 1.54) is 17.4 Å². The number of hydrogen-bond acceptors (Lipinski definition) is 4. The number of halogens is 2. The summed E-state index contributed by atoms with van der Waals surface area (Å²) in [6.45, 7) is 0.110. The summed E-state index contributed by atoms with van der Waals surface area (Å²) in [4.78, 5) is 32.0. The quantitative estimate of drug-likeness (QED) is 0.399. The van der Waals surface area contributed by atoms with E-state index in [1.807, 2.05) is 35.8 Å². The summed E-state index contributed by atoms with van der Waals surface area (Å²) < 4.78 is 13.1. The lowest BCUT2D eigenvalue weighted by molar-refractivity contribution is -0.116. The van der Waals surface area contributed by atoms with Crippen molar-refractivity contribution >= 4 is 50.8 Å². The number of nitrogens with zero attached hydrogens (tertiary/aromatic N) is 1. The number of benzene rings is 2. The molecule has 0 saturated heterocycles. The minimum absolute atomic E-state index is 0.0181. The van der Waals surface area contributed by atoms with Gasteiger partial charge in [0.25, 0.3) is 5.91 Å². The third-order valence-corrected chi connectivity index (χ3v) is 5.50. The van der Waals surface area contributed by atoms with Gasteiger partial charge in [0.15, 0.2) is 5.13 Å². The highest BCUT2D eigenvalue weighted by Crippen LogP contribution is 2.30. The molecule has 2 amide bonds. The Morgan fingerprint density at radius 3 is 2.87 bits per heavy atom. The van der Waals surface area contributed by atoms with Crippen LogP contribution < -0.4 is 10.6 Å². The Morgan fingerprint density at radius 1 is 1.20 bits per heavy atom. The number of H-pyrrole nitrogens is 1. The molecule has 4 rings (SSSR count). The van der Waals surface area contributed by atoms with Crippen molar-refractivity contribution in [1.29, 1.82) is 0 Å². The smallest absolute Gasteiger partial charge is 0.252 e. The number of carbonyl (C=O) groups is 2. The van der Waals surface area contributed by atoms with Gasteiger partial charge in [0, 0.05) is 41.0 Å². The zero-order valence-electron chi connectivity index (χ0n) is 15.5. The first-order valence-corrected chi connectivity index (χ1v) is 10.3. The lowest BCUT2D eigenvalue weighted by atomic mass is 10.1. The molecule has 0 spiro atoms. The number of hydrogen-bond donors (Lipinski definition) is 3. The molecule has 9 heteroatoms. The second-order valence-electron chi connectivity index (χ2n) is 6.46. The number of fused-ring (bicyclic) bond motifs is 1. The summed E-state index contributed by atoms with van der Waals surface area (Å²) >= 11 is 7.19. The van der Waals surface area contributed by atoms with Crippen LogP contribution in [0.1, 0.15) is 16.8 Å². The number of carbonyl (C=O) groups excluding carboxylic acids is 2. The number of amides is 2. The van der Waals surface area contributed by atoms with Gasteiger partial charge in [0.1, 0.15) is 5.82 Å². The number of aromatic amines is 1. The number of aromatic nitrogens is 2. The molecule has 0 aliphatic rings. The summed E-state index contributed by atoms with van der Waals surface area (Å²) in [7, 11) is 0. The van der Waals surface area contributed by atoms with Crippen molar-refractivity contribution in [2.75, 3.05) is 11.9 Å². The average Bonchev–Trinajstić information content (AvgIpc) is 3.34. The molecular weight excluding hydrogens is 427 g/mol. The van der Waals surface area contributed by atoms with E-state index in [-0.39, 0.29) is 29.5 Å². The van der Waals surface area contributed by atoms with Gasteiger partial charge in [0.05, 0.1) is 16.3 Å². The first-order chi connectivity index (χ1) is 14.5. The Morgan fingerprint density at radius 2 is 2.03 bits per heavy atom. The van der Waals surface area contributed by atoms with Crippen LogP contribution in [0, 0.1) is 5.82 Å². The summed E-state index contributed by atoms with van der Waals surface area (Å²) in [6, 6.07) is 11.4. The third-order valence-electron chi connectivity index (χ3n) is 4.43. The van der Waals surface area contributed by atoms with Gasteiger partial charge in [-0.25, -0.2) is 9.37 Å². The molecule has 2 aromatic carbocycles. The molecule has 152 valence electrons. The minimum atomic E-state index is -0.522. The molecule has 0 radical (unpaired) electrons. The molecule has 2 heterocycles. The molecule has 0 aliphatic heterocycles. The third kappa shape index (κ3) is 4.34. The zero-order chi connectivity index (χ0) is 21.1. The van der Waals surface area contributed by atoms with Crippen LogP contribution in [0.5, 0.6) is 0 Å². The summed E-state index contributed by atoms with van der Waals surface area (Å²) in [5.74, 6) is -1.27. The van der Waals surface area contributed by atoms with Gasteiger partial charge in [-0.15, -0.1) is 11.3 Å². The fourth-order valence-electron chi connectivity index (χ4n) is 2.98. The molecule has 0 unspecified atom stereocenters. The maximum atomic E-state index is 13.1. The van der Waals surface area contributed by atoms with E-state index in [1.54, 1.807) is 0 Å². The molecule has 0 fully saturated rings. The Labute approximate surface area is 180 Å². The van der Waals surface area contributed by atoms with E-state index in [2.05, 4.69) is 20.6 Å². The highest BCUT2D eigenvalue weighted by atomic mass is 35.5. The van der Waals surface area contributed by atoms with E-state index >= 15 is 0 Å². The normalized spacial score (nSPS) is 10.9. The lowest BCUT2D eigenvalue weighted by Crippen LogP contribution is -2.27. The van der Waals surface area contributed by atoms with Gasteiger partial charge in [-0.3, -0.25) is 9.59 Å². The van der Waals surface area contributed by atoms with Crippen molar-refractivity contribution < 1.29 is 14.0 Å². The van der Waals surface area contributed by atoms with Crippen molar-refractivity contribution in [2.45, 2.75) is 6.42 Å². The Kier molecular flexibility index (Phi) is 5.78. The maximum absolute atomic E-state index is 13.1. The van der Waals surface area contributed by atoms with Crippen LogP contribution in [-0.2, 0) is 4.79 Å². The first kappa shape index (κ1) is 20.1. The number of thiazole rings is 1. The average molecular weight is 443 g/mol. The van der Waals surface area contributed by atoms with E-state index in [0.717, 1.165) is 34.3 Å². The van der Waals surface area contributed by atoms with Gasteiger partial charge in [0.2, 0.25) is 5.91 Å². The number of anilines is 1. The van der Waals surface area contributed by atoms with Gasteiger partial charge in [-0.1, -0.05) is 29.8 Å². The number of para-hydroxylation sites is 1. The number of rotatable bonds is 6. The van der Waals surface area contributed by atoms with Crippen molar-refractivity contribution in [3.8, 4) is 11.3 Å². The van der Waals surface area contributed by atoms with Crippen LogP contribution in [0.3, 0.4) is 0 Å². The van der Waals surface area contributed by atoms with E-state index < -0.39 is 11.7 Å². The maximum Gasteiger partial charge on any atom is 0.252 e. The van der Waals surface area contributed by atoms with Crippen LogP contribution in [0.4, 0.5) is 9.52 Å². The van der Waals surface area contributed by atoms with Gasteiger partial charge < -0.3 is 15.6 Å². The van der Waals surface area contributed by atoms with Crippen molar-refractivity contribution in [3.05, 3.63) is 70.4 Å². The van der Waals surface area contributed by atoms with Crippen molar-refractivity contribution in [2.24, 2.45) is 0 Å². The Balaban J connectivity index is 1.32. The predicted octanol–water partition coefficient (Wildman–Crippen LogP) is 4.84. The molecule has 0 atom stereocenters. The fourth-order valence-corrected chi connectivity index (χ4v) is 3.96. The van der Waals surface area contributed by atoms with Crippen LogP contribution >= 0.6 is 22.9 Å². The molecule has 30 heavy (non-hydrogen) atoms. The second kappa shape index (κ2) is 8.64. The summed E-state index contributed by atoms with van der Waals surface area (Å²) in [5, 5.41) is 8.77. The minimum Gasteiger partial charge on any atom is -0.360 e. The standard InChI is InChI=1S/C21H16ClFN4O2S/c22-16-9-12(23)5-6-14(16)20(29)24-8-7-19(28)27-21-26-18(11-30-21)15-10-25-17-4-2-1-3-13(15)17/h1-6,9-11,25H,7-8H2,(H,24,29)(H,26,27,28). The van der Waals surface area contributed by atoms with Gasteiger partial charge >= 0.3 is 0 Å². The van der Waals surface area contributed by atoms with Gasteiger partial charge in [-0.05, 0) is 24.3 Å². The zero-order valence-corrected chi connectivity index (χ0v) is 17.1. The second-order valence-corrected chi connectivity index (χ2v) is 7.73. The molecule has 4 aromatic rings. The SMILES string of the molecule is O=C(CCNC(=O)c1ccc(F)cc1Cl)Nc1nc(-c2c[nH]c3ccccc23)cs1. The molecule has 3 N–H and O–H groups in total. The molecule has 2 aromatic heterocycles. The number of nitrogens with one attached hydrogen (secondary N) is 3. The van der Waals surface area contributed by atoms with Crippen molar-refractivity contribution in [1.82, 2.24) is 15.3 Å². The van der Waals surface area contributed by atoms with Crippen LogP contribution in [0.15, 0.2) is 54.0 Å². The molecule has 6 nitrogen and oxygen atoms in total. The van der Waals surface area contributed by atoms with E-state index in [0.29, 0.717) is 5.13 Å². The van der Waals surface area contributed by atoms with Gasteiger partial charge in [-0.2, -0.15) is 0 Å². The van der Waals surface area contributed by atoms with E-state index in [9.17, 15) is 14.0 Å². The molecule has 0 aliphatic carbocycles. The predicted molar refractivity (Wildman–Crippen MR) is 116 cm³/mol. The monoisotopic (exact) mass is 442 g/mol. The molecule has 0 bridgehead atoms. The molecular formula is C21H16ClFN4O2S. The highest BCUT2D eigenvalue weighted by Gasteiger charge is 2.13. The van der Waals surface area contributed by atoms with Crippen LogP contribution in [-0.4, -0.2) is 28.3 Å². The summed E-state index contributed by atoms with van der Waals surface area (Å²) in [5.41, 5.74) is 2.91. The van der Waals surface area contributed by atoms with Crippen LogP contribution in [0.2, 0.25) is 5.02 Å². The van der Waals surface area contributed by atoms with E-state index in [4.69, 9.17) is 11.6 Å². The molecule has 0 saturated carbocycles. The fraction of sp³-hybridized carbons (Fsp3) is 0.0952. The highest BCUT2D eigenvalue weighted by molar-refractivity contribution is 7.14. The summed E-state index contributed by atoms with van der Waals surface area (Å²) in [6.07, 6.45) is 1.95.